The molecule has 7 heteroatoms. The van der Waals surface area contributed by atoms with Crippen LogP contribution in [0, 0.1) is 5.82 Å². The number of carbonyl (C=O) groups excluding carboxylic acids is 1. The molecule has 4 nitrogen and oxygen atoms in total. The van der Waals surface area contributed by atoms with E-state index in [1.54, 1.807) is 17.0 Å². The van der Waals surface area contributed by atoms with Gasteiger partial charge < -0.3 is 5.11 Å². The van der Waals surface area contributed by atoms with E-state index < -0.39 is 5.97 Å². The maximum atomic E-state index is 13.1. The maximum Gasteiger partial charge on any atom is 0.303 e. The number of benzene rings is 2. The van der Waals surface area contributed by atoms with Crippen LogP contribution in [0.25, 0.3) is 17.2 Å². The van der Waals surface area contributed by atoms with Gasteiger partial charge in [-0.05, 0) is 53.8 Å². The molecule has 3 rings (SSSR count). The minimum Gasteiger partial charge on any atom is -0.481 e. The van der Waals surface area contributed by atoms with E-state index in [1.807, 2.05) is 30.3 Å². The number of carboxylic acid groups (broad SMARTS) is 1. The van der Waals surface area contributed by atoms with Crippen LogP contribution >= 0.6 is 24.0 Å². The van der Waals surface area contributed by atoms with Crippen molar-refractivity contribution in [1.82, 2.24) is 4.90 Å². The molecule has 1 aliphatic heterocycles. The van der Waals surface area contributed by atoms with Gasteiger partial charge in [0, 0.05) is 13.0 Å². The highest BCUT2D eigenvalue weighted by Crippen LogP contribution is 2.33. The summed E-state index contributed by atoms with van der Waals surface area (Å²) in [6.07, 6.45) is 4.00. The zero-order chi connectivity index (χ0) is 20.8. The molecule has 2 aromatic carbocycles. The van der Waals surface area contributed by atoms with E-state index in [2.05, 4.69) is 0 Å². The minimum atomic E-state index is -0.804. The largest absolute Gasteiger partial charge is 0.481 e. The first-order valence-corrected chi connectivity index (χ1v) is 10.5. The van der Waals surface area contributed by atoms with Crippen molar-refractivity contribution >= 4 is 46.3 Å². The molecule has 0 saturated carbocycles. The minimum absolute atomic E-state index is 0.120. The quantitative estimate of drug-likeness (QED) is 0.349. The molecule has 2 aromatic rings. The molecular formula is C22H20FNO3S2. The van der Waals surface area contributed by atoms with Crippen molar-refractivity contribution < 1.29 is 19.1 Å². The van der Waals surface area contributed by atoms with Crippen LogP contribution in [0.4, 0.5) is 4.39 Å². The summed E-state index contributed by atoms with van der Waals surface area (Å²) in [7, 11) is 0. The molecule has 1 N–H and O–H groups in total. The van der Waals surface area contributed by atoms with E-state index in [0.29, 0.717) is 28.6 Å². The fourth-order valence-corrected chi connectivity index (χ4v) is 4.33. The van der Waals surface area contributed by atoms with Crippen molar-refractivity contribution in [2.45, 2.75) is 25.7 Å². The van der Waals surface area contributed by atoms with Gasteiger partial charge in [0.05, 0.1) is 4.91 Å². The van der Waals surface area contributed by atoms with E-state index in [4.69, 9.17) is 17.3 Å². The van der Waals surface area contributed by atoms with Gasteiger partial charge in [-0.2, -0.15) is 0 Å². The van der Waals surface area contributed by atoms with Crippen molar-refractivity contribution in [2.24, 2.45) is 0 Å². The summed E-state index contributed by atoms with van der Waals surface area (Å²) in [5.74, 6) is -1.21. The van der Waals surface area contributed by atoms with Gasteiger partial charge in [0.2, 0.25) is 0 Å². The number of thiocarbonyl (C=S) groups is 1. The molecule has 0 bridgehead atoms. The Morgan fingerprint density at radius 3 is 2.59 bits per heavy atom. The maximum absolute atomic E-state index is 13.1. The lowest BCUT2D eigenvalue weighted by atomic mass is 10.0. The molecule has 0 spiro atoms. The summed E-state index contributed by atoms with van der Waals surface area (Å²) in [4.78, 5) is 25.4. The first-order chi connectivity index (χ1) is 13.9. The summed E-state index contributed by atoms with van der Waals surface area (Å²) in [5.41, 5.74) is 2.71. The van der Waals surface area contributed by atoms with Gasteiger partial charge in [-0.1, -0.05) is 60.7 Å². The number of carboxylic acids is 1. The topological polar surface area (TPSA) is 57.6 Å². The third-order valence-corrected chi connectivity index (χ3v) is 5.89. The third-order valence-electron chi connectivity index (χ3n) is 4.51. The molecule has 0 radical (unpaired) electrons. The summed E-state index contributed by atoms with van der Waals surface area (Å²) in [5, 5.41) is 8.67. The lowest BCUT2D eigenvalue weighted by Crippen LogP contribution is -2.29. The first kappa shape index (κ1) is 21.2. The van der Waals surface area contributed by atoms with E-state index in [9.17, 15) is 14.0 Å². The van der Waals surface area contributed by atoms with Gasteiger partial charge in [-0.25, -0.2) is 4.39 Å². The predicted octanol–water partition coefficient (Wildman–Crippen LogP) is 5.34. The molecule has 29 heavy (non-hydrogen) atoms. The Hall–Kier alpha value is -2.51. The zero-order valence-electron chi connectivity index (χ0n) is 15.6. The number of aliphatic carboxylic acids is 1. The van der Waals surface area contributed by atoms with Crippen LogP contribution in [0.15, 0.2) is 53.4 Å². The summed E-state index contributed by atoms with van der Waals surface area (Å²) in [6, 6.07) is 14.0. The number of thioether (sulfide) groups is 1. The number of nitrogens with zero attached hydrogens (tertiary/aromatic N) is 1. The van der Waals surface area contributed by atoms with Gasteiger partial charge in [-0.3, -0.25) is 14.5 Å². The predicted molar refractivity (Wildman–Crippen MR) is 118 cm³/mol. The Morgan fingerprint density at radius 1 is 1.10 bits per heavy atom. The van der Waals surface area contributed by atoms with Crippen molar-refractivity contribution in [2.75, 3.05) is 6.54 Å². The summed E-state index contributed by atoms with van der Waals surface area (Å²) in [6.45, 7) is 0.497. The van der Waals surface area contributed by atoms with Crippen LogP contribution in [0.2, 0.25) is 0 Å². The molecule has 150 valence electrons. The highest BCUT2D eigenvalue weighted by molar-refractivity contribution is 8.26. The van der Waals surface area contributed by atoms with Gasteiger partial charge in [0.1, 0.15) is 10.1 Å². The number of hydrogen-bond acceptors (Lipinski definition) is 4. The smallest absolute Gasteiger partial charge is 0.303 e. The van der Waals surface area contributed by atoms with E-state index in [1.165, 1.54) is 23.9 Å². The van der Waals surface area contributed by atoms with E-state index in [-0.39, 0.29) is 18.1 Å². The molecule has 0 aliphatic carbocycles. The molecule has 1 heterocycles. The fourth-order valence-electron chi connectivity index (χ4n) is 3.02. The second-order valence-electron chi connectivity index (χ2n) is 6.67. The van der Waals surface area contributed by atoms with Gasteiger partial charge in [0.15, 0.2) is 0 Å². The van der Waals surface area contributed by atoms with Crippen LogP contribution in [-0.2, 0) is 9.59 Å². The highest BCUT2D eigenvalue weighted by atomic mass is 32.2. The van der Waals surface area contributed by atoms with E-state index in [0.717, 1.165) is 23.1 Å². The lowest BCUT2D eigenvalue weighted by Gasteiger charge is -2.13. The number of hydrogen-bond donors (Lipinski definition) is 1. The Bertz CT molecular complexity index is 957. The number of rotatable bonds is 8. The Balaban J connectivity index is 1.67. The monoisotopic (exact) mass is 429 g/mol. The lowest BCUT2D eigenvalue weighted by molar-refractivity contribution is -0.137. The van der Waals surface area contributed by atoms with Crippen molar-refractivity contribution in [1.29, 1.82) is 0 Å². The van der Waals surface area contributed by atoms with Crippen LogP contribution in [0.5, 0.6) is 0 Å². The second-order valence-corrected chi connectivity index (χ2v) is 8.35. The molecule has 1 aliphatic rings. The molecule has 0 atom stereocenters. The molecule has 1 saturated heterocycles. The summed E-state index contributed by atoms with van der Waals surface area (Å²) >= 11 is 6.62. The third kappa shape index (κ3) is 5.74. The summed E-state index contributed by atoms with van der Waals surface area (Å²) < 4.78 is 13.7. The van der Waals surface area contributed by atoms with Gasteiger partial charge in [-0.15, -0.1) is 0 Å². The number of unbranched alkanes of at least 4 members (excludes halogenated alkanes) is 2. The van der Waals surface area contributed by atoms with Crippen LogP contribution in [0.1, 0.15) is 31.2 Å². The zero-order valence-corrected chi connectivity index (χ0v) is 17.3. The first-order valence-electron chi connectivity index (χ1n) is 9.27. The average molecular weight is 430 g/mol. The van der Waals surface area contributed by atoms with Crippen LogP contribution in [0.3, 0.4) is 0 Å². The van der Waals surface area contributed by atoms with Crippen LogP contribution < -0.4 is 0 Å². The Labute approximate surface area is 178 Å². The van der Waals surface area contributed by atoms with Gasteiger partial charge in [0.25, 0.3) is 5.91 Å². The van der Waals surface area contributed by atoms with Crippen molar-refractivity contribution in [3.8, 4) is 11.1 Å². The SMILES string of the molecule is O=C(O)CCCCCN1C(=O)/C(=C/c2cccc(-c3ccc(F)cc3)c2)SC1=S. The molecule has 1 fully saturated rings. The average Bonchev–Trinajstić information content (AvgIpc) is 2.95. The Kier molecular flexibility index (Phi) is 7.17. The van der Waals surface area contributed by atoms with Crippen molar-refractivity contribution in [3.05, 3.63) is 64.8 Å². The molecular weight excluding hydrogens is 409 g/mol. The second kappa shape index (κ2) is 9.80. The number of amides is 1. The normalized spacial score (nSPS) is 15.3. The highest BCUT2D eigenvalue weighted by Gasteiger charge is 2.31. The number of halogens is 1. The van der Waals surface area contributed by atoms with Crippen LogP contribution in [-0.4, -0.2) is 32.7 Å². The number of carbonyl (C=O) groups is 2. The molecule has 0 aromatic heterocycles. The standard InChI is InChI=1S/C22H20FNO3S2/c23-18-10-8-16(9-11-18)17-6-4-5-15(13-17)14-19-21(27)24(22(28)29-19)12-3-1-2-7-20(25)26/h4-6,8-11,13-14H,1-3,7,12H2,(H,25,26)/b19-14-. The fraction of sp³-hybridized carbons (Fsp3) is 0.227. The van der Waals surface area contributed by atoms with Gasteiger partial charge >= 0.3 is 5.97 Å². The molecule has 1 amide bonds. The van der Waals surface area contributed by atoms with Crippen molar-refractivity contribution in [3.63, 3.8) is 0 Å². The van der Waals surface area contributed by atoms with E-state index >= 15 is 0 Å². The molecule has 0 unspecified atom stereocenters. The Morgan fingerprint density at radius 2 is 1.86 bits per heavy atom.